The normalized spacial score (nSPS) is 22.2. The first-order chi connectivity index (χ1) is 9.85. The number of nitrogens with two attached hydrogens (primary N) is 1. The Morgan fingerprint density at radius 2 is 2.19 bits per heavy atom. The van der Waals surface area contributed by atoms with Crippen molar-refractivity contribution in [2.24, 2.45) is 5.73 Å². The van der Waals surface area contributed by atoms with Gasteiger partial charge in [-0.1, -0.05) is 6.07 Å². The smallest absolute Gasteiger partial charge is 0.341 e. The molecule has 0 spiro atoms. The van der Waals surface area contributed by atoms with Gasteiger partial charge in [-0.2, -0.15) is 0 Å². The SMILES string of the molecule is COC(=O)c1cc(CN2CCC(N)(C(=O)O)C2)ccc1O. The molecule has 1 aliphatic heterocycles. The maximum Gasteiger partial charge on any atom is 0.341 e. The third-order valence-electron chi connectivity index (χ3n) is 3.68. The van der Waals surface area contributed by atoms with E-state index in [1.165, 1.54) is 13.2 Å². The number of carboxylic acids is 1. The summed E-state index contributed by atoms with van der Waals surface area (Å²) >= 11 is 0. The van der Waals surface area contributed by atoms with Crippen LogP contribution in [-0.2, 0) is 16.1 Å². The van der Waals surface area contributed by atoms with Crippen LogP contribution >= 0.6 is 0 Å². The minimum atomic E-state index is -1.22. The molecule has 21 heavy (non-hydrogen) atoms. The molecular weight excluding hydrogens is 276 g/mol. The van der Waals surface area contributed by atoms with Gasteiger partial charge in [-0.25, -0.2) is 4.79 Å². The van der Waals surface area contributed by atoms with Gasteiger partial charge in [0.15, 0.2) is 0 Å². The number of carboxylic acid groups (broad SMARTS) is 1. The van der Waals surface area contributed by atoms with Gasteiger partial charge in [0.25, 0.3) is 0 Å². The molecule has 1 aliphatic rings. The first-order valence-corrected chi connectivity index (χ1v) is 6.50. The molecule has 1 aromatic carbocycles. The molecule has 1 heterocycles. The summed E-state index contributed by atoms with van der Waals surface area (Å²) in [6, 6.07) is 4.64. The zero-order valence-electron chi connectivity index (χ0n) is 11.7. The number of hydrogen-bond donors (Lipinski definition) is 3. The Morgan fingerprint density at radius 1 is 1.48 bits per heavy atom. The number of likely N-dealkylation sites (tertiary alicyclic amines) is 1. The number of ether oxygens (including phenoxy) is 1. The third-order valence-corrected chi connectivity index (χ3v) is 3.68. The number of phenolic OH excluding ortho intramolecular Hbond substituents is 1. The Morgan fingerprint density at radius 3 is 2.76 bits per heavy atom. The summed E-state index contributed by atoms with van der Waals surface area (Å²) in [6.07, 6.45) is 0.379. The number of esters is 1. The maximum atomic E-state index is 11.5. The molecule has 114 valence electrons. The molecule has 1 saturated heterocycles. The molecule has 0 bridgehead atoms. The van der Waals surface area contributed by atoms with Crippen molar-refractivity contribution in [3.63, 3.8) is 0 Å². The van der Waals surface area contributed by atoms with Gasteiger partial charge >= 0.3 is 11.9 Å². The van der Waals surface area contributed by atoms with Gasteiger partial charge in [0, 0.05) is 19.6 Å². The number of phenols is 1. The van der Waals surface area contributed by atoms with Crippen LogP contribution in [0, 0.1) is 0 Å². The van der Waals surface area contributed by atoms with Gasteiger partial charge in [-0.15, -0.1) is 0 Å². The van der Waals surface area contributed by atoms with Gasteiger partial charge in [0.05, 0.1) is 7.11 Å². The van der Waals surface area contributed by atoms with Gasteiger partial charge in [0.1, 0.15) is 16.9 Å². The standard InChI is InChI=1S/C14H18N2O5/c1-21-12(18)10-6-9(2-3-11(10)17)7-16-5-4-14(15,8-16)13(19)20/h2-3,6,17H,4-5,7-8,15H2,1H3,(H,19,20). The molecule has 1 aromatic rings. The van der Waals surface area contributed by atoms with Crippen LogP contribution < -0.4 is 5.73 Å². The van der Waals surface area contributed by atoms with Crippen molar-refractivity contribution in [3.05, 3.63) is 29.3 Å². The molecule has 0 aromatic heterocycles. The Bertz CT molecular complexity index is 574. The number of methoxy groups -OCH3 is 1. The predicted molar refractivity (Wildman–Crippen MR) is 73.9 cm³/mol. The van der Waals surface area contributed by atoms with E-state index >= 15 is 0 Å². The summed E-state index contributed by atoms with van der Waals surface area (Å²) < 4.78 is 4.60. The van der Waals surface area contributed by atoms with Crippen molar-refractivity contribution in [2.45, 2.75) is 18.5 Å². The van der Waals surface area contributed by atoms with E-state index in [0.717, 1.165) is 5.56 Å². The van der Waals surface area contributed by atoms with Gasteiger partial charge in [0.2, 0.25) is 0 Å². The minimum absolute atomic E-state index is 0.0893. The quantitative estimate of drug-likeness (QED) is 0.678. The van der Waals surface area contributed by atoms with E-state index < -0.39 is 17.5 Å². The topological polar surface area (TPSA) is 113 Å². The first kappa shape index (κ1) is 15.3. The number of aromatic hydroxyl groups is 1. The van der Waals surface area contributed by atoms with E-state index in [9.17, 15) is 14.7 Å². The molecule has 1 atom stereocenters. The lowest BCUT2D eigenvalue weighted by Gasteiger charge is -2.20. The second-order valence-corrected chi connectivity index (χ2v) is 5.27. The van der Waals surface area contributed by atoms with Crippen molar-refractivity contribution in [2.75, 3.05) is 20.2 Å². The summed E-state index contributed by atoms with van der Waals surface area (Å²) in [6.45, 7) is 1.27. The minimum Gasteiger partial charge on any atom is -0.507 e. The Labute approximate surface area is 121 Å². The summed E-state index contributed by atoms with van der Waals surface area (Å²) in [5.41, 5.74) is 5.46. The van der Waals surface area contributed by atoms with Crippen molar-refractivity contribution >= 4 is 11.9 Å². The average molecular weight is 294 g/mol. The van der Waals surface area contributed by atoms with Crippen molar-refractivity contribution < 1.29 is 24.5 Å². The number of benzene rings is 1. The average Bonchev–Trinajstić information content (AvgIpc) is 2.83. The van der Waals surface area contributed by atoms with Gasteiger partial charge in [-0.3, -0.25) is 9.69 Å². The van der Waals surface area contributed by atoms with Gasteiger partial charge < -0.3 is 20.7 Å². The molecule has 1 unspecified atom stereocenters. The number of rotatable bonds is 4. The Balaban J connectivity index is 2.11. The van der Waals surface area contributed by atoms with E-state index in [-0.39, 0.29) is 17.9 Å². The number of aliphatic carboxylic acids is 1. The van der Waals surface area contributed by atoms with Crippen molar-refractivity contribution in [3.8, 4) is 5.75 Å². The summed E-state index contributed by atoms with van der Waals surface area (Å²) in [7, 11) is 1.24. The fourth-order valence-corrected chi connectivity index (χ4v) is 2.44. The highest BCUT2D eigenvalue weighted by Gasteiger charge is 2.41. The lowest BCUT2D eigenvalue weighted by Crippen LogP contribution is -2.50. The predicted octanol–water partition coefficient (Wildman–Crippen LogP) is 0.167. The lowest BCUT2D eigenvalue weighted by atomic mass is 10.0. The van der Waals surface area contributed by atoms with Crippen LogP contribution in [0.1, 0.15) is 22.3 Å². The fraction of sp³-hybridized carbons (Fsp3) is 0.429. The van der Waals surface area contributed by atoms with E-state index in [4.69, 9.17) is 10.8 Å². The highest BCUT2D eigenvalue weighted by atomic mass is 16.5. The van der Waals surface area contributed by atoms with Crippen molar-refractivity contribution in [1.29, 1.82) is 0 Å². The Kier molecular flexibility index (Phi) is 4.15. The molecule has 7 heteroatoms. The monoisotopic (exact) mass is 294 g/mol. The molecule has 0 saturated carbocycles. The molecule has 7 nitrogen and oxygen atoms in total. The molecule has 0 aliphatic carbocycles. The zero-order chi connectivity index (χ0) is 15.6. The highest BCUT2D eigenvalue weighted by molar-refractivity contribution is 5.92. The maximum absolute atomic E-state index is 11.5. The molecule has 0 radical (unpaired) electrons. The summed E-state index contributed by atoms with van der Waals surface area (Å²) in [5, 5.41) is 18.7. The third kappa shape index (κ3) is 3.14. The first-order valence-electron chi connectivity index (χ1n) is 6.50. The summed E-state index contributed by atoms with van der Waals surface area (Å²) in [4.78, 5) is 24.5. The highest BCUT2D eigenvalue weighted by Crippen LogP contribution is 2.24. The second kappa shape index (κ2) is 5.71. The van der Waals surface area contributed by atoms with Crippen LogP contribution in [0.2, 0.25) is 0 Å². The molecule has 2 rings (SSSR count). The number of carbonyl (C=O) groups excluding carboxylic acids is 1. The van der Waals surface area contributed by atoms with E-state index in [1.54, 1.807) is 12.1 Å². The van der Waals surface area contributed by atoms with Crippen molar-refractivity contribution in [1.82, 2.24) is 4.90 Å². The van der Waals surface area contributed by atoms with E-state index in [0.29, 0.717) is 19.5 Å². The van der Waals surface area contributed by atoms with Gasteiger partial charge in [-0.05, 0) is 24.1 Å². The summed E-state index contributed by atoms with van der Waals surface area (Å²) in [5.74, 6) is -1.77. The number of hydrogen-bond acceptors (Lipinski definition) is 6. The molecule has 0 amide bonds. The lowest BCUT2D eigenvalue weighted by molar-refractivity contribution is -0.142. The van der Waals surface area contributed by atoms with E-state index in [2.05, 4.69) is 4.74 Å². The molecule has 1 fully saturated rings. The van der Waals surface area contributed by atoms with Crippen LogP contribution in [0.25, 0.3) is 0 Å². The number of nitrogens with zero attached hydrogens (tertiary/aromatic N) is 1. The second-order valence-electron chi connectivity index (χ2n) is 5.27. The fourth-order valence-electron chi connectivity index (χ4n) is 2.44. The Hall–Kier alpha value is -2.12. The van der Waals surface area contributed by atoms with Crippen LogP contribution in [0.3, 0.4) is 0 Å². The van der Waals surface area contributed by atoms with Crippen LogP contribution in [0.15, 0.2) is 18.2 Å². The van der Waals surface area contributed by atoms with Crippen LogP contribution in [0.4, 0.5) is 0 Å². The largest absolute Gasteiger partial charge is 0.507 e. The molecule has 4 N–H and O–H groups in total. The number of carbonyl (C=O) groups is 2. The van der Waals surface area contributed by atoms with Crippen LogP contribution in [0.5, 0.6) is 5.75 Å². The zero-order valence-corrected chi connectivity index (χ0v) is 11.7. The van der Waals surface area contributed by atoms with E-state index in [1.807, 2.05) is 4.90 Å². The van der Waals surface area contributed by atoms with Crippen LogP contribution in [-0.4, -0.2) is 52.8 Å². The molecular formula is C14H18N2O5.